The highest BCUT2D eigenvalue weighted by Crippen LogP contribution is 2.43. The topological polar surface area (TPSA) is 47.3 Å². The molecule has 3 heteroatoms. The minimum Gasteiger partial charge on any atom is -0.387 e. The first kappa shape index (κ1) is 10.9. The average Bonchev–Trinajstić information content (AvgIpc) is 3.01. The lowest BCUT2D eigenvalue weighted by Crippen LogP contribution is -2.47. The summed E-state index contributed by atoms with van der Waals surface area (Å²) in [5, 5.41) is 19.8. The molecule has 2 atom stereocenters. The average molecular weight is 208 g/mol. The van der Waals surface area contributed by atoms with Gasteiger partial charge in [-0.3, -0.25) is 4.90 Å². The van der Waals surface area contributed by atoms with Gasteiger partial charge in [0, 0.05) is 19.1 Å². The molecule has 1 saturated heterocycles. The molecule has 1 saturated carbocycles. The molecule has 2 aliphatic rings. The second-order valence-electron chi connectivity index (χ2n) is 5.28. The zero-order valence-electron chi connectivity index (χ0n) is 9.66. The largest absolute Gasteiger partial charge is 0.387 e. The fourth-order valence-corrected chi connectivity index (χ4v) is 2.54. The predicted molar refractivity (Wildman–Crippen MR) is 58.2 cm³/mol. The van der Waals surface area contributed by atoms with E-state index in [1.807, 2.05) is 13.8 Å². The maximum absolute atomic E-state index is 10.6. The SMILES string of the molecule is CCC(C)(C#N)C1(O)CCN(C2CC2)C1. The highest BCUT2D eigenvalue weighted by atomic mass is 16.3. The quantitative estimate of drug-likeness (QED) is 0.765. The van der Waals surface area contributed by atoms with Gasteiger partial charge in [0.1, 0.15) is 0 Å². The van der Waals surface area contributed by atoms with Crippen LogP contribution in [-0.4, -0.2) is 34.7 Å². The number of nitrogens with zero attached hydrogens (tertiary/aromatic N) is 2. The molecule has 0 aromatic rings. The van der Waals surface area contributed by atoms with Crippen LogP contribution < -0.4 is 0 Å². The molecule has 0 aromatic carbocycles. The number of hydrogen-bond acceptors (Lipinski definition) is 3. The highest BCUT2D eigenvalue weighted by molar-refractivity contribution is 5.13. The van der Waals surface area contributed by atoms with Crippen LogP contribution in [-0.2, 0) is 0 Å². The third-order valence-corrected chi connectivity index (χ3v) is 4.32. The van der Waals surface area contributed by atoms with E-state index in [-0.39, 0.29) is 0 Å². The molecule has 3 nitrogen and oxygen atoms in total. The van der Waals surface area contributed by atoms with Gasteiger partial charge in [0.05, 0.1) is 17.1 Å². The van der Waals surface area contributed by atoms with Gasteiger partial charge >= 0.3 is 0 Å². The third kappa shape index (κ3) is 1.66. The van der Waals surface area contributed by atoms with Crippen LogP contribution in [0.2, 0.25) is 0 Å². The van der Waals surface area contributed by atoms with E-state index >= 15 is 0 Å². The minimum absolute atomic E-state index is 0.587. The Morgan fingerprint density at radius 1 is 1.60 bits per heavy atom. The van der Waals surface area contributed by atoms with Crippen LogP contribution in [0.1, 0.15) is 39.5 Å². The van der Waals surface area contributed by atoms with Gasteiger partial charge in [0.25, 0.3) is 0 Å². The summed E-state index contributed by atoms with van der Waals surface area (Å²) in [7, 11) is 0. The Labute approximate surface area is 91.7 Å². The van der Waals surface area contributed by atoms with Crippen LogP contribution in [0.3, 0.4) is 0 Å². The molecule has 0 bridgehead atoms. The molecule has 1 N–H and O–H groups in total. The van der Waals surface area contributed by atoms with E-state index in [4.69, 9.17) is 0 Å². The molecule has 0 amide bonds. The number of rotatable bonds is 3. The lowest BCUT2D eigenvalue weighted by molar-refractivity contribution is -0.0395. The van der Waals surface area contributed by atoms with Crippen molar-refractivity contribution < 1.29 is 5.11 Å². The summed E-state index contributed by atoms with van der Waals surface area (Å²) in [5.74, 6) is 0. The lowest BCUT2D eigenvalue weighted by atomic mass is 9.72. The minimum atomic E-state index is -0.793. The molecule has 0 spiro atoms. The van der Waals surface area contributed by atoms with Gasteiger partial charge in [0.2, 0.25) is 0 Å². The third-order valence-electron chi connectivity index (χ3n) is 4.32. The monoisotopic (exact) mass is 208 g/mol. The number of aliphatic hydroxyl groups is 1. The second kappa shape index (κ2) is 3.47. The van der Waals surface area contributed by atoms with E-state index in [1.165, 1.54) is 12.8 Å². The lowest BCUT2D eigenvalue weighted by Gasteiger charge is -2.36. The van der Waals surface area contributed by atoms with Gasteiger partial charge in [0.15, 0.2) is 0 Å². The van der Waals surface area contributed by atoms with Gasteiger partial charge in [-0.2, -0.15) is 5.26 Å². The molecule has 1 heterocycles. The van der Waals surface area contributed by atoms with Crippen molar-refractivity contribution in [3.63, 3.8) is 0 Å². The number of nitriles is 1. The van der Waals surface area contributed by atoms with Crippen molar-refractivity contribution in [2.75, 3.05) is 13.1 Å². The van der Waals surface area contributed by atoms with E-state index in [9.17, 15) is 10.4 Å². The van der Waals surface area contributed by atoms with E-state index in [0.717, 1.165) is 19.4 Å². The van der Waals surface area contributed by atoms with Gasteiger partial charge in [-0.05, 0) is 32.6 Å². The first-order chi connectivity index (χ1) is 7.04. The highest BCUT2D eigenvalue weighted by Gasteiger charge is 2.52. The van der Waals surface area contributed by atoms with E-state index in [0.29, 0.717) is 12.6 Å². The smallest absolute Gasteiger partial charge is 0.0968 e. The van der Waals surface area contributed by atoms with Crippen LogP contribution in [0, 0.1) is 16.7 Å². The number of hydrogen-bond donors (Lipinski definition) is 1. The molecule has 0 aromatic heterocycles. The Bertz CT molecular complexity index is 294. The molecule has 2 unspecified atom stereocenters. The number of likely N-dealkylation sites (tertiary alicyclic amines) is 1. The van der Waals surface area contributed by atoms with Crippen molar-refractivity contribution in [1.29, 1.82) is 5.26 Å². The first-order valence-electron chi connectivity index (χ1n) is 5.92. The zero-order valence-corrected chi connectivity index (χ0v) is 9.66. The summed E-state index contributed by atoms with van der Waals surface area (Å²) < 4.78 is 0. The van der Waals surface area contributed by atoms with Crippen LogP contribution in [0.4, 0.5) is 0 Å². The number of β-amino-alcohol motifs (C(OH)–C–C–N with tert-alkyl or cyclic N) is 1. The van der Waals surface area contributed by atoms with Crippen LogP contribution in [0.15, 0.2) is 0 Å². The van der Waals surface area contributed by atoms with Crippen molar-refractivity contribution in [3.05, 3.63) is 0 Å². The van der Waals surface area contributed by atoms with Gasteiger partial charge in [-0.1, -0.05) is 6.92 Å². The second-order valence-corrected chi connectivity index (χ2v) is 5.28. The summed E-state index contributed by atoms with van der Waals surface area (Å²) >= 11 is 0. The summed E-state index contributed by atoms with van der Waals surface area (Å²) in [6.45, 7) is 5.53. The molecule has 15 heavy (non-hydrogen) atoms. The Morgan fingerprint density at radius 3 is 2.73 bits per heavy atom. The normalized spacial score (nSPS) is 36.1. The molecule has 84 valence electrons. The molecule has 1 aliphatic carbocycles. The summed E-state index contributed by atoms with van der Waals surface area (Å²) in [4.78, 5) is 2.35. The molecule has 1 aliphatic heterocycles. The van der Waals surface area contributed by atoms with Gasteiger partial charge in [-0.25, -0.2) is 0 Å². The Kier molecular flexibility index (Phi) is 2.52. The molecule has 2 rings (SSSR count). The van der Waals surface area contributed by atoms with Crippen LogP contribution in [0.5, 0.6) is 0 Å². The summed E-state index contributed by atoms with van der Waals surface area (Å²) in [6.07, 6.45) is 4.01. The maximum Gasteiger partial charge on any atom is 0.0968 e. The standard InChI is InChI=1S/C12H20N2O/c1-3-11(2,8-13)12(15)6-7-14(9-12)10-4-5-10/h10,15H,3-7,9H2,1-2H3. The maximum atomic E-state index is 10.6. The Hall–Kier alpha value is -0.590. The Balaban J connectivity index is 2.11. The molecular formula is C12H20N2O. The fraction of sp³-hybridized carbons (Fsp3) is 0.917. The molecular weight excluding hydrogens is 188 g/mol. The van der Waals surface area contributed by atoms with Crippen LogP contribution >= 0.6 is 0 Å². The van der Waals surface area contributed by atoms with Crippen molar-refractivity contribution in [3.8, 4) is 6.07 Å². The molecule has 0 radical (unpaired) electrons. The summed E-state index contributed by atoms with van der Waals surface area (Å²) in [6, 6.07) is 3.01. The zero-order chi connectivity index (χ0) is 11.1. The van der Waals surface area contributed by atoms with Crippen molar-refractivity contribution in [2.24, 2.45) is 5.41 Å². The van der Waals surface area contributed by atoms with Crippen LogP contribution in [0.25, 0.3) is 0 Å². The van der Waals surface area contributed by atoms with Gasteiger partial charge < -0.3 is 5.11 Å². The van der Waals surface area contributed by atoms with E-state index in [1.54, 1.807) is 0 Å². The first-order valence-corrected chi connectivity index (χ1v) is 5.92. The van der Waals surface area contributed by atoms with E-state index < -0.39 is 11.0 Å². The molecule has 2 fully saturated rings. The predicted octanol–water partition coefficient (Wildman–Crippen LogP) is 1.53. The Morgan fingerprint density at radius 2 is 2.27 bits per heavy atom. The van der Waals surface area contributed by atoms with Gasteiger partial charge in [-0.15, -0.1) is 0 Å². The van der Waals surface area contributed by atoms with E-state index in [2.05, 4.69) is 11.0 Å². The van der Waals surface area contributed by atoms with Crippen molar-refractivity contribution in [1.82, 2.24) is 4.90 Å². The fourth-order valence-electron chi connectivity index (χ4n) is 2.54. The summed E-state index contributed by atoms with van der Waals surface area (Å²) in [5.41, 5.74) is -1.38. The van der Waals surface area contributed by atoms with Crippen molar-refractivity contribution >= 4 is 0 Å². The van der Waals surface area contributed by atoms with Crippen molar-refractivity contribution in [2.45, 2.75) is 51.2 Å².